The summed E-state index contributed by atoms with van der Waals surface area (Å²) in [5.41, 5.74) is 1.53. The molecule has 1 aromatic heterocycles. The van der Waals surface area contributed by atoms with Crippen molar-refractivity contribution in [3.63, 3.8) is 0 Å². The number of amides is 1. The van der Waals surface area contributed by atoms with Gasteiger partial charge in [-0.15, -0.1) is 0 Å². The molecule has 0 aliphatic heterocycles. The molecule has 0 atom stereocenters. The van der Waals surface area contributed by atoms with Crippen LogP contribution in [0.3, 0.4) is 0 Å². The zero-order valence-corrected chi connectivity index (χ0v) is 16.1. The molecule has 1 heterocycles. The maximum Gasteiger partial charge on any atom is 0.338 e. The standard InChI is InChI=1S/C20H19N3O6/c1-12(24)21-14-6-4-13(5-7-14)20(25)28-11-18-22-19(23-29-18)16-9-8-15(26-2)10-17(16)27-3/h4-10H,11H2,1-3H3,(H,21,24). The number of hydrogen-bond donors (Lipinski definition) is 1. The summed E-state index contributed by atoms with van der Waals surface area (Å²) in [6.07, 6.45) is 0. The molecule has 0 saturated heterocycles. The fourth-order valence-corrected chi connectivity index (χ4v) is 2.51. The molecular weight excluding hydrogens is 378 g/mol. The first-order valence-corrected chi connectivity index (χ1v) is 8.60. The SMILES string of the molecule is COc1ccc(-c2noc(COC(=O)c3ccc(NC(C)=O)cc3)n2)c(OC)c1. The number of aromatic nitrogens is 2. The third kappa shape index (κ3) is 4.89. The third-order valence-electron chi connectivity index (χ3n) is 3.89. The van der Waals surface area contributed by atoms with E-state index in [-0.39, 0.29) is 18.4 Å². The predicted octanol–water partition coefficient (Wildman–Crippen LogP) is 3.07. The van der Waals surface area contributed by atoms with Crippen LogP contribution in [0.2, 0.25) is 0 Å². The van der Waals surface area contributed by atoms with Crippen molar-refractivity contribution in [2.24, 2.45) is 0 Å². The van der Waals surface area contributed by atoms with Gasteiger partial charge in [0, 0.05) is 18.7 Å². The van der Waals surface area contributed by atoms with Gasteiger partial charge in [0.2, 0.25) is 11.7 Å². The molecule has 3 rings (SSSR count). The number of hydrogen-bond acceptors (Lipinski definition) is 8. The summed E-state index contributed by atoms with van der Waals surface area (Å²) in [6, 6.07) is 11.5. The Balaban J connectivity index is 1.65. The Hall–Kier alpha value is -3.88. The Kier molecular flexibility index (Phi) is 6.08. The maximum absolute atomic E-state index is 12.2. The van der Waals surface area contributed by atoms with E-state index in [2.05, 4.69) is 15.5 Å². The molecule has 0 radical (unpaired) electrons. The Labute approximate surface area is 166 Å². The van der Waals surface area contributed by atoms with Crippen molar-refractivity contribution in [1.82, 2.24) is 10.1 Å². The topological polar surface area (TPSA) is 113 Å². The van der Waals surface area contributed by atoms with E-state index < -0.39 is 5.97 Å². The molecule has 1 N–H and O–H groups in total. The van der Waals surface area contributed by atoms with E-state index in [9.17, 15) is 9.59 Å². The summed E-state index contributed by atoms with van der Waals surface area (Å²) < 4.78 is 20.8. The van der Waals surface area contributed by atoms with Crippen LogP contribution in [0.1, 0.15) is 23.2 Å². The van der Waals surface area contributed by atoms with Gasteiger partial charge in [-0.05, 0) is 36.4 Å². The Morgan fingerprint density at radius 2 is 1.83 bits per heavy atom. The van der Waals surface area contributed by atoms with Crippen LogP contribution in [-0.2, 0) is 16.1 Å². The van der Waals surface area contributed by atoms with Gasteiger partial charge in [0.15, 0.2) is 6.61 Å². The van der Waals surface area contributed by atoms with Crippen molar-refractivity contribution < 1.29 is 28.3 Å². The van der Waals surface area contributed by atoms with E-state index in [0.29, 0.717) is 34.1 Å². The molecule has 9 heteroatoms. The molecule has 0 bridgehead atoms. The van der Waals surface area contributed by atoms with Crippen LogP contribution in [0.15, 0.2) is 47.0 Å². The molecule has 0 aliphatic rings. The lowest BCUT2D eigenvalue weighted by atomic mass is 10.2. The van der Waals surface area contributed by atoms with Gasteiger partial charge in [0.1, 0.15) is 11.5 Å². The number of anilines is 1. The van der Waals surface area contributed by atoms with Gasteiger partial charge < -0.3 is 24.1 Å². The number of nitrogens with zero attached hydrogens (tertiary/aromatic N) is 2. The first-order valence-electron chi connectivity index (χ1n) is 8.60. The molecule has 1 amide bonds. The summed E-state index contributed by atoms with van der Waals surface area (Å²) in [6.45, 7) is 1.22. The van der Waals surface area contributed by atoms with Crippen molar-refractivity contribution >= 4 is 17.6 Å². The number of ether oxygens (including phenoxy) is 3. The molecule has 0 aliphatic carbocycles. The van der Waals surface area contributed by atoms with Gasteiger partial charge in [-0.2, -0.15) is 4.98 Å². The smallest absolute Gasteiger partial charge is 0.338 e. The second kappa shape index (κ2) is 8.87. The lowest BCUT2D eigenvalue weighted by Crippen LogP contribution is -2.08. The quantitative estimate of drug-likeness (QED) is 0.605. The molecule has 3 aromatic rings. The highest BCUT2D eigenvalue weighted by Gasteiger charge is 2.16. The van der Waals surface area contributed by atoms with E-state index in [0.717, 1.165) is 0 Å². The van der Waals surface area contributed by atoms with Crippen molar-refractivity contribution in [3.8, 4) is 22.9 Å². The molecule has 9 nitrogen and oxygen atoms in total. The van der Waals surface area contributed by atoms with Gasteiger partial charge >= 0.3 is 5.97 Å². The van der Waals surface area contributed by atoms with Crippen LogP contribution in [0.5, 0.6) is 11.5 Å². The average molecular weight is 397 g/mol. The molecular formula is C20H19N3O6. The Bertz CT molecular complexity index is 1010. The molecule has 29 heavy (non-hydrogen) atoms. The zero-order valence-electron chi connectivity index (χ0n) is 16.1. The normalized spacial score (nSPS) is 10.3. The van der Waals surface area contributed by atoms with E-state index in [4.69, 9.17) is 18.7 Å². The summed E-state index contributed by atoms with van der Waals surface area (Å²) in [5.74, 6) is 0.846. The number of rotatable bonds is 7. The highest BCUT2D eigenvalue weighted by Crippen LogP contribution is 2.31. The van der Waals surface area contributed by atoms with Gasteiger partial charge in [0.05, 0.1) is 25.3 Å². The molecule has 0 unspecified atom stereocenters. The first kappa shape index (κ1) is 19.9. The van der Waals surface area contributed by atoms with Gasteiger partial charge in [0.25, 0.3) is 5.89 Å². The van der Waals surface area contributed by atoms with Gasteiger partial charge in [-0.1, -0.05) is 5.16 Å². The first-order chi connectivity index (χ1) is 14.0. The van der Waals surface area contributed by atoms with Crippen LogP contribution in [0.4, 0.5) is 5.69 Å². The third-order valence-corrected chi connectivity index (χ3v) is 3.89. The van der Waals surface area contributed by atoms with Crippen LogP contribution in [0, 0.1) is 0 Å². The molecule has 0 fully saturated rings. The highest BCUT2D eigenvalue weighted by molar-refractivity contribution is 5.92. The Morgan fingerprint density at radius 3 is 2.48 bits per heavy atom. The largest absolute Gasteiger partial charge is 0.497 e. The van der Waals surface area contributed by atoms with Gasteiger partial charge in [-0.3, -0.25) is 4.79 Å². The number of nitrogens with one attached hydrogen (secondary N) is 1. The molecule has 0 spiro atoms. The van der Waals surface area contributed by atoms with Crippen LogP contribution < -0.4 is 14.8 Å². The average Bonchev–Trinajstić information content (AvgIpc) is 3.20. The molecule has 150 valence electrons. The fourth-order valence-electron chi connectivity index (χ4n) is 2.51. The van der Waals surface area contributed by atoms with Crippen LogP contribution in [0.25, 0.3) is 11.4 Å². The summed E-state index contributed by atoms with van der Waals surface area (Å²) in [7, 11) is 3.08. The fraction of sp³-hybridized carbons (Fsp3) is 0.200. The lowest BCUT2D eigenvalue weighted by molar-refractivity contribution is -0.114. The van der Waals surface area contributed by atoms with E-state index in [1.165, 1.54) is 14.0 Å². The number of esters is 1. The number of carbonyl (C=O) groups excluding carboxylic acids is 2. The van der Waals surface area contributed by atoms with Crippen molar-refractivity contribution in [2.75, 3.05) is 19.5 Å². The highest BCUT2D eigenvalue weighted by atomic mass is 16.6. The minimum atomic E-state index is -0.554. The minimum absolute atomic E-state index is 0.140. The van der Waals surface area contributed by atoms with Crippen LogP contribution >= 0.6 is 0 Å². The Morgan fingerprint density at radius 1 is 1.07 bits per heavy atom. The molecule has 2 aromatic carbocycles. The number of methoxy groups -OCH3 is 2. The summed E-state index contributed by atoms with van der Waals surface area (Å²) >= 11 is 0. The van der Waals surface area contributed by atoms with Crippen LogP contribution in [-0.4, -0.2) is 36.2 Å². The second-order valence-corrected chi connectivity index (χ2v) is 5.91. The lowest BCUT2D eigenvalue weighted by Gasteiger charge is -2.07. The predicted molar refractivity (Wildman–Crippen MR) is 103 cm³/mol. The number of carbonyl (C=O) groups is 2. The van der Waals surface area contributed by atoms with E-state index in [1.54, 1.807) is 49.6 Å². The molecule has 0 saturated carbocycles. The van der Waals surface area contributed by atoms with E-state index >= 15 is 0 Å². The van der Waals surface area contributed by atoms with Crippen molar-refractivity contribution in [1.29, 1.82) is 0 Å². The monoisotopic (exact) mass is 397 g/mol. The number of benzene rings is 2. The summed E-state index contributed by atoms with van der Waals surface area (Å²) in [4.78, 5) is 27.4. The van der Waals surface area contributed by atoms with E-state index in [1.807, 2.05) is 0 Å². The van der Waals surface area contributed by atoms with Crippen molar-refractivity contribution in [3.05, 3.63) is 53.9 Å². The summed E-state index contributed by atoms with van der Waals surface area (Å²) in [5, 5.41) is 6.52. The zero-order chi connectivity index (χ0) is 20.8. The van der Waals surface area contributed by atoms with Crippen molar-refractivity contribution in [2.45, 2.75) is 13.5 Å². The minimum Gasteiger partial charge on any atom is -0.497 e. The maximum atomic E-state index is 12.2. The van der Waals surface area contributed by atoms with Gasteiger partial charge in [-0.25, -0.2) is 4.79 Å². The second-order valence-electron chi connectivity index (χ2n) is 5.91.